The van der Waals surface area contributed by atoms with Crippen molar-refractivity contribution >= 4 is 17.5 Å². The number of aromatic nitrogens is 3. The van der Waals surface area contributed by atoms with Crippen molar-refractivity contribution in [1.82, 2.24) is 15.2 Å². The van der Waals surface area contributed by atoms with E-state index >= 15 is 0 Å². The monoisotopic (exact) mass is 222 g/mol. The summed E-state index contributed by atoms with van der Waals surface area (Å²) in [4.78, 5) is 14.9. The summed E-state index contributed by atoms with van der Waals surface area (Å²) in [6.07, 6.45) is 1.60. The quantitative estimate of drug-likeness (QED) is 0.801. The molecule has 0 spiro atoms. The minimum Gasteiger partial charge on any atom is -0.364 e. The number of nitrogens with two attached hydrogens (primary N) is 1. The van der Waals surface area contributed by atoms with E-state index in [0.717, 1.165) is 0 Å². The number of pyridine rings is 1. The topological polar surface area (TPSA) is 84.7 Å². The number of rotatable bonds is 2. The summed E-state index contributed by atoms with van der Waals surface area (Å²) in [5, 5.41) is 6.88. The van der Waals surface area contributed by atoms with Gasteiger partial charge in [-0.05, 0) is 18.2 Å². The van der Waals surface area contributed by atoms with Gasteiger partial charge in [-0.3, -0.25) is 14.9 Å². The van der Waals surface area contributed by atoms with E-state index in [-0.39, 0.29) is 5.69 Å². The first kappa shape index (κ1) is 9.67. The minimum absolute atomic E-state index is 0.228. The van der Waals surface area contributed by atoms with Crippen LogP contribution in [-0.4, -0.2) is 21.1 Å². The maximum atomic E-state index is 10.8. The van der Waals surface area contributed by atoms with Gasteiger partial charge in [-0.2, -0.15) is 5.10 Å². The van der Waals surface area contributed by atoms with Crippen LogP contribution in [0.1, 0.15) is 10.5 Å². The van der Waals surface area contributed by atoms with Crippen LogP contribution in [0.25, 0.3) is 11.4 Å². The Hall–Kier alpha value is -1.88. The lowest BCUT2D eigenvalue weighted by Gasteiger charge is -1.96. The molecule has 1 amide bonds. The standard InChI is InChI=1S/C9H7ClN4O/c10-5-2-1-3-12-8(5)6-4-7(9(11)15)14-13-6/h1-4H,(H2,11,15)(H,13,14). The molecule has 2 heterocycles. The van der Waals surface area contributed by atoms with Crippen molar-refractivity contribution in [3.8, 4) is 11.4 Å². The Morgan fingerprint density at radius 2 is 2.33 bits per heavy atom. The summed E-state index contributed by atoms with van der Waals surface area (Å²) in [5.41, 5.74) is 6.32. The Balaban J connectivity index is 2.46. The highest BCUT2D eigenvalue weighted by atomic mass is 35.5. The molecule has 2 aromatic heterocycles. The van der Waals surface area contributed by atoms with Crippen molar-refractivity contribution in [2.45, 2.75) is 0 Å². The zero-order valence-corrected chi connectivity index (χ0v) is 8.32. The van der Waals surface area contributed by atoms with Crippen molar-refractivity contribution in [3.63, 3.8) is 0 Å². The van der Waals surface area contributed by atoms with Crippen LogP contribution in [0.5, 0.6) is 0 Å². The Kier molecular flexibility index (Phi) is 2.39. The zero-order valence-electron chi connectivity index (χ0n) is 7.57. The third-order valence-corrected chi connectivity index (χ3v) is 2.15. The predicted octanol–water partition coefficient (Wildman–Crippen LogP) is 1.22. The summed E-state index contributed by atoms with van der Waals surface area (Å²) >= 11 is 5.92. The van der Waals surface area contributed by atoms with E-state index in [1.807, 2.05) is 0 Å². The second kappa shape index (κ2) is 3.70. The number of hydrogen-bond acceptors (Lipinski definition) is 3. The van der Waals surface area contributed by atoms with E-state index in [9.17, 15) is 4.79 Å². The lowest BCUT2D eigenvalue weighted by Crippen LogP contribution is -2.10. The van der Waals surface area contributed by atoms with Gasteiger partial charge in [-0.15, -0.1) is 0 Å². The Bertz CT molecular complexity index is 508. The van der Waals surface area contributed by atoms with Crippen LogP contribution in [0.4, 0.5) is 0 Å². The SMILES string of the molecule is NC(=O)c1cc(-c2ncccc2Cl)n[nH]1. The molecular weight excluding hydrogens is 216 g/mol. The Morgan fingerprint density at radius 1 is 1.53 bits per heavy atom. The Morgan fingerprint density at radius 3 is 2.93 bits per heavy atom. The van der Waals surface area contributed by atoms with Crippen molar-refractivity contribution in [2.24, 2.45) is 5.73 Å². The van der Waals surface area contributed by atoms with Gasteiger partial charge < -0.3 is 5.73 Å². The van der Waals surface area contributed by atoms with Crippen LogP contribution in [0.3, 0.4) is 0 Å². The van der Waals surface area contributed by atoms with Gasteiger partial charge in [0, 0.05) is 6.20 Å². The highest BCUT2D eigenvalue weighted by Crippen LogP contribution is 2.23. The Labute approximate surface area is 90.3 Å². The number of hydrogen-bond donors (Lipinski definition) is 2. The van der Waals surface area contributed by atoms with E-state index in [0.29, 0.717) is 16.4 Å². The van der Waals surface area contributed by atoms with Crippen molar-refractivity contribution < 1.29 is 4.79 Å². The molecule has 0 radical (unpaired) electrons. The molecule has 15 heavy (non-hydrogen) atoms. The molecule has 76 valence electrons. The zero-order chi connectivity index (χ0) is 10.8. The van der Waals surface area contributed by atoms with Crippen LogP contribution in [0.15, 0.2) is 24.4 Å². The first-order valence-electron chi connectivity index (χ1n) is 4.14. The molecule has 0 unspecified atom stereocenters. The number of carbonyl (C=O) groups excluding carboxylic acids is 1. The molecule has 2 rings (SSSR count). The molecule has 2 aromatic rings. The third-order valence-electron chi connectivity index (χ3n) is 1.84. The molecule has 0 bridgehead atoms. The minimum atomic E-state index is -0.569. The molecular formula is C9H7ClN4O. The molecule has 6 heteroatoms. The number of halogens is 1. The van der Waals surface area contributed by atoms with E-state index < -0.39 is 5.91 Å². The number of nitrogens with zero attached hydrogens (tertiary/aromatic N) is 2. The number of H-pyrrole nitrogens is 1. The molecule has 0 saturated carbocycles. The van der Waals surface area contributed by atoms with Crippen molar-refractivity contribution in [1.29, 1.82) is 0 Å². The molecule has 3 N–H and O–H groups in total. The highest BCUT2D eigenvalue weighted by molar-refractivity contribution is 6.32. The highest BCUT2D eigenvalue weighted by Gasteiger charge is 2.10. The van der Waals surface area contributed by atoms with E-state index in [4.69, 9.17) is 17.3 Å². The van der Waals surface area contributed by atoms with Crippen LogP contribution in [0, 0.1) is 0 Å². The molecule has 5 nitrogen and oxygen atoms in total. The average Bonchev–Trinajstić information content (AvgIpc) is 2.67. The summed E-state index contributed by atoms with van der Waals surface area (Å²) in [6, 6.07) is 4.92. The molecule has 0 aliphatic rings. The maximum Gasteiger partial charge on any atom is 0.266 e. The van der Waals surface area contributed by atoms with Gasteiger partial charge in [0.2, 0.25) is 0 Å². The van der Waals surface area contributed by atoms with Crippen LogP contribution < -0.4 is 5.73 Å². The number of amides is 1. The third kappa shape index (κ3) is 1.82. The molecule has 0 atom stereocenters. The normalized spacial score (nSPS) is 10.2. The van der Waals surface area contributed by atoms with Crippen LogP contribution in [0.2, 0.25) is 5.02 Å². The second-order valence-electron chi connectivity index (χ2n) is 2.86. The first-order chi connectivity index (χ1) is 7.18. The smallest absolute Gasteiger partial charge is 0.266 e. The summed E-state index contributed by atoms with van der Waals surface area (Å²) in [6.45, 7) is 0. The number of nitrogens with one attached hydrogen (secondary N) is 1. The lowest BCUT2D eigenvalue weighted by atomic mass is 10.2. The van der Waals surface area contributed by atoms with E-state index in [2.05, 4.69) is 15.2 Å². The molecule has 0 aliphatic heterocycles. The maximum absolute atomic E-state index is 10.8. The van der Waals surface area contributed by atoms with Gasteiger partial charge in [0.1, 0.15) is 17.1 Å². The summed E-state index contributed by atoms with van der Waals surface area (Å²) in [7, 11) is 0. The number of primary amides is 1. The average molecular weight is 223 g/mol. The number of carbonyl (C=O) groups is 1. The second-order valence-corrected chi connectivity index (χ2v) is 3.27. The first-order valence-corrected chi connectivity index (χ1v) is 4.52. The predicted molar refractivity (Wildman–Crippen MR) is 55.3 cm³/mol. The van der Waals surface area contributed by atoms with Gasteiger partial charge >= 0.3 is 0 Å². The van der Waals surface area contributed by atoms with Gasteiger partial charge in [-0.25, -0.2) is 0 Å². The summed E-state index contributed by atoms with van der Waals surface area (Å²) in [5.74, 6) is -0.569. The van der Waals surface area contributed by atoms with Gasteiger partial charge in [0.15, 0.2) is 0 Å². The fourth-order valence-corrected chi connectivity index (χ4v) is 1.36. The van der Waals surface area contributed by atoms with Crippen LogP contribution in [-0.2, 0) is 0 Å². The lowest BCUT2D eigenvalue weighted by molar-refractivity contribution is 0.0995. The van der Waals surface area contributed by atoms with E-state index in [1.54, 1.807) is 18.3 Å². The fourth-order valence-electron chi connectivity index (χ4n) is 1.14. The van der Waals surface area contributed by atoms with Gasteiger partial charge in [0.25, 0.3) is 5.91 Å². The molecule has 0 fully saturated rings. The van der Waals surface area contributed by atoms with Gasteiger partial charge in [0.05, 0.1) is 5.02 Å². The molecule has 0 aliphatic carbocycles. The number of aromatic amines is 1. The fraction of sp³-hybridized carbons (Fsp3) is 0. The summed E-state index contributed by atoms with van der Waals surface area (Å²) < 4.78 is 0. The van der Waals surface area contributed by atoms with Crippen LogP contribution >= 0.6 is 11.6 Å². The van der Waals surface area contributed by atoms with Crippen molar-refractivity contribution in [3.05, 3.63) is 35.1 Å². The molecule has 0 aromatic carbocycles. The van der Waals surface area contributed by atoms with Crippen molar-refractivity contribution in [2.75, 3.05) is 0 Å². The largest absolute Gasteiger partial charge is 0.364 e. The molecule has 0 saturated heterocycles. The van der Waals surface area contributed by atoms with Gasteiger partial charge in [-0.1, -0.05) is 11.6 Å². The van der Waals surface area contributed by atoms with E-state index in [1.165, 1.54) is 6.07 Å².